The lowest BCUT2D eigenvalue weighted by molar-refractivity contribution is -0.118. The van der Waals surface area contributed by atoms with Crippen LogP contribution >= 0.6 is 0 Å². The van der Waals surface area contributed by atoms with Gasteiger partial charge < -0.3 is 14.5 Å². The maximum absolute atomic E-state index is 10.9. The third kappa shape index (κ3) is 7.45. The van der Waals surface area contributed by atoms with E-state index in [4.69, 9.17) is 9.57 Å². The number of aromatic nitrogens is 4. The second kappa shape index (κ2) is 14.5. The lowest BCUT2D eigenvalue weighted by Crippen LogP contribution is -2.28. The van der Waals surface area contributed by atoms with Gasteiger partial charge in [0, 0.05) is 44.2 Å². The highest BCUT2D eigenvalue weighted by Crippen LogP contribution is 2.31. The minimum absolute atomic E-state index is 0.240. The van der Waals surface area contributed by atoms with Crippen LogP contribution in [0.2, 0.25) is 0 Å². The third-order valence-electron chi connectivity index (χ3n) is 5.85. The maximum Gasteiger partial charge on any atom is 0.221 e. The van der Waals surface area contributed by atoms with Gasteiger partial charge in [0.15, 0.2) is 0 Å². The number of likely N-dealkylation sites (tertiary alicyclic amines) is 1. The van der Waals surface area contributed by atoms with E-state index < -0.39 is 0 Å². The van der Waals surface area contributed by atoms with Crippen LogP contribution in [0.15, 0.2) is 58.9 Å². The topological polar surface area (TPSA) is 107 Å². The van der Waals surface area contributed by atoms with Crippen molar-refractivity contribution in [2.75, 3.05) is 20.8 Å². The van der Waals surface area contributed by atoms with Crippen LogP contribution in [0.3, 0.4) is 0 Å². The monoisotopic (exact) mass is 505 g/mol. The number of carbonyl (C=O) groups excluding carboxylic acids is 1. The van der Waals surface area contributed by atoms with Gasteiger partial charge in [-0.2, -0.15) is 5.10 Å². The molecule has 196 valence electrons. The number of carbonyl (C=O) groups is 1. The molecular weight excluding hydrogens is 470 g/mol. The van der Waals surface area contributed by atoms with Crippen LogP contribution in [0, 0.1) is 6.92 Å². The predicted octanol–water partition coefficient (Wildman–Crippen LogP) is 4.14. The number of rotatable bonds is 9. The largest absolute Gasteiger partial charge is 0.481 e. The number of amidine groups is 1. The predicted molar refractivity (Wildman–Crippen MR) is 144 cm³/mol. The Bertz CT molecular complexity index is 1160. The third-order valence-corrected chi connectivity index (χ3v) is 5.85. The molecule has 3 aromatic rings. The van der Waals surface area contributed by atoms with E-state index in [1.54, 1.807) is 25.7 Å². The zero-order valence-corrected chi connectivity index (χ0v) is 21.9. The van der Waals surface area contributed by atoms with Crippen LogP contribution < -0.4 is 4.74 Å². The first-order valence-corrected chi connectivity index (χ1v) is 12.4. The van der Waals surface area contributed by atoms with E-state index in [-0.39, 0.29) is 6.04 Å². The molecular formula is C27H35N7O3. The van der Waals surface area contributed by atoms with Crippen LogP contribution in [-0.2, 0) is 16.2 Å². The zero-order valence-electron chi connectivity index (χ0n) is 21.9. The van der Waals surface area contributed by atoms with Gasteiger partial charge in [-0.25, -0.2) is 9.67 Å². The van der Waals surface area contributed by atoms with Crippen LogP contribution in [0.4, 0.5) is 0 Å². The van der Waals surface area contributed by atoms with Crippen LogP contribution in [0.1, 0.15) is 44.0 Å². The number of amides is 1. The molecule has 1 amide bonds. The van der Waals surface area contributed by atoms with Crippen molar-refractivity contribution in [3.05, 3.63) is 60.2 Å². The fraction of sp³-hybridized carbons (Fsp3) is 0.407. The van der Waals surface area contributed by atoms with E-state index in [0.717, 1.165) is 61.6 Å². The Labute approximate surface area is 218 Å². The van der Waals surface area contributed by atoms with E-state index in [1.165, 1.54) is 7.11 Å². The summed E-state index contributed by atoms with van der Waals surface area (Å²) in [5.74, 6) is 1.23. The number of hydrogen-bond donors (Lipinski definition) is 0. The molecule has 0 radical (unpaired) electrons. The van der Waals surface area contributed by atoms with Gasteiger partial charge in [-0.1, -0.05) is 24.2 Å². The number of oxime groups is 1. The normalized spacial score (nSPS) is 15.4. The minimum atomic E-state index is 0.240. The Morgan fingerprint density at radius 3 is 2.57 bits per heavy atom. The average Bonchev–Trinajstić information content (AvgIpc) is 3.52. The fourth-order valence-corrected chi connectivity index (χ4v) is 4.17. The van der Waals surface area contributed by atoms with Crippen molar-refractivity contribution in [1.29, 1.82) is 0 Å². The van der Waals surface area contributed by atoms with E-state index in [0.29, 0.717) is 18.0 Å². The first-order chi connectivity index (χ1) is 18.1. The van der Waals surface area contributed by atoms with Crippen molar-refractivity contribution in [3.8, 4) is 17.1 Å². The molecule has 1 fully saturated rings. The van der Waals surface area contributed by atoms with Crippen LogP contribution in [0.25, 0.3) is 11.3 Å². The molecule has 4 heterocycles. The lowest BCUT2D eigenvalue weighted by atomic mass is 10.1. The van der Waals surface area contributed by atoms with E-state index in [2.05, 4.69) is 32.1 Å². The molecule has 4 rings (SSSR count). The van der Waals surface area contributed by atoms with Gasteiger partial charge in [0.2, 0.25) is 18.1 Å². The van der Waals surface area contributed by atoms with E-state index in [9.17, 15) is 4.79 Å². The first-order valence-electron chi connectivity index (χ1n) is 12.4. The first kappa shape index (κ1) is 27.5. The van der Waals surface area contributed by atoms with Crippen molar-refractivity contribution in [2.24, 2.45) is 10.1 Å². The van der Waals surface area contributed by atoms with E-state index >= 15 is 0 Å². The summed E-state index contributed by atoms with van der Waals surface area (Å²) in [5.41, 5.74) is 3.50. The summed E-state index contributed by atoms with van der Waals surface area (Å²) in [5, 5.41) is 8.37. The molecule has 0 aromatic carbocycles. The van der Waals surface area contributed by atoms with Crippen molar-refractivity contribution in [3.63, 3.8) is 0 Å². The molecule has 1 atom stereocenters. The molecule has 1 saturated heterocycles. The maximum atomic E-state index is 10.9. The van der Waals surface area contributed by atoms with Crippen molar-refractivity contribution < 1.29 is 14.4 Å². The summed E-state index contributed by atoms with van der Waals surface area (Å²) in [7, 11) is 3.15. The number of ether oxygens (including phenoxy) is 1. The van der Waals surface area contributed by atoms with Gasteiger partial charge in [-0.05, 0) is 50.5 Å². The summed E-state index contributed by atoms with van der Waals surface area (Å²) in [6, 6.07) is 11.6. The Kier molecular flexibility index (Phi) is 10.8. The quantitative estimate of drug-likeness (QED) is 0.187. The number of aryl methyl sites for hydroxylation is 2. The Hall–Kier alpha value is -4.08. The standard InChI is InChI=1S/C14H18N4O2.C13H17N3O/c1-20-17-14(13-6-2-3-8-15-13)16-9-7-12-5-4-10-18(12)11-19;1-4-9-16-13(17-3)12(10(2)15-16)11-7-5-6-8-14-11/h2-3,6,8-9,11-12H,4-5,7,10H2,1H3;5-8H,4,9H2,1-3H3/b16-9?,17-14-;. The molecule has 0 spiro atoms. The molecule has 3 aromatic heterocycles. The Morgan fingerprint density at radius 2 is 1.95 bits per heavy atom. The molecule has 0 aliphatic carbocycles. The molecule has 1 aliphatic rings. The summed E-state index contributed by atoms with van der Waals surface area (Å²) in [6.07, 6.45) is 9.97. The molecule has 10 nitrogen and oxygen atoms in total. The summed E-state index contributed by atoms with van der Waals surface area (Å²) in [4.78, 5) is 30.3. The van der Waals surface area contributed by atoms with Gasteiger partial charge in [-0.3, -0.25) is 14.8 Å². The second-order valence-corrected chi connectivity index (χ2v) is 8.41. The molecule has 37 heavy (non-hydrogen) atoms. The molecule has 0 saturated carbocycles. The molecule has 0 bridgehead atoms. The summed E-state index contributed by atoms with van der Waals surface area (Å²) >= 11 is 0. The van der Waals surface area contributed by atoms with Crippen LogP contribution in [-0.4, -0.2) is 69.9 Å². The van der Waals surface area contributed by atoms with Gasteiger partial charge in [0.25, 0.3) is 0 Å². The van der Waals surface area contributed by atoms with Gasteiger partial charge in [0.1, 0.15) is 12.8 Å². The SMILES string of the molecule is CCCn1nc(C)c(-c2ccccn2)c1OC.CO/N=C(\N=CCC1CCCN1C=O)c1ccccn1. The lowest BCUT2D eigenvalue weighted by Gasteiger charge is -2.17. The fourth-order valence-electron chi connectivity index (χ4n) is 4.17. The minimum Gasteiger partial charge on any atom is -0.481 e. The average molecular weight is 506 g/mol. The second-order valence-electron chi connectivity index (χ2n) is 8.41. The number of hydrogen-bond acceptors (Lipinski definition) is 7. The highest BCUT2D eigenvalue weighted by molar-refractivity contribution is 6.01. The number of pyridine rings is 2. The van der Waals surface area contributed by atoms with Crippen LogP contribution in [0.5, 0.6) is 5.88 Å². The Morgan fingerprint density at radius 1 is 1.16 bits per heavy atom. The molecule has 1 aliphatic heterocycles. The molecule has 0 N–H and O–H groups in total. The van der Waals surface area contributed by atoms with E-state index in [1.807, 2.05) is 52.9 Å². The summed E-state index contributed by atoms with van der Waals surface area (Å²) < 4.78 is 7.37. The smallest absolute Gasteiger partial charge is 0.221 e. The highest BCUT2D eigenvalue weighted by Gasteiger charge is 2.21. The summed E-state index contributed by atoms with van der Waals surface area (Å²) in [6.45, 7) is 5.80. The number of methoxy groups -OCH3 is 1. The molecule has 1 unspecified atom stereocenters. The van der Waals surface area contributed by atoms with Crippen molar-refractivity contribution >= 4 is 18.5 Å². The molecule has 10 heteroatoms. The van der Waals surface area contributed by atoms with Gasteiger partial charge >= 0.3 is 0 Å². The van der Waals surface area contributed by atoms with Gasteiger partial charge in [-0.15, -0.1) is 0 Å². The van der Waals surface area contributed by atoms with Crippen molar-refractivity contribution in [1.82, 2.24) is 24.6 Å². The number of nitrogens with zero attached hydrogens (tertiary/aromatic N) is 7. The number of aliphatic imine (C=N–C) groups is 1. The van der Waals surface area contributed by atoms with Crippen molar-refractivity contribution in [2.45, 2.75) is 52.1 Å². The Balaban J connectivity index is 0.000000208. The zero-order chi connectivity index (χ0) is 26.5. The highest BCUT2D eigenvalue weighted by atomic mass is 16.6. The van der Waals surface area contributed by atoms with Gasteiger partial charge in [0.05, 0.1) is 24.1 Å².